The molecule has 0 saturated heterocycles. The average molecular weight is 271 g/mol. The third-order valence-electron chi connectivity index (χ3n) is 3.19. The van der Waals surface area contributed by atoms with Crippen LogP contribution < -0.4 is 14.8 Å². The quantitative estimate of drug-likeness (QED) is 0.874. The van der Waals surface area contributed by atoms with Gasteiger partial charge >= 0.3 is 0 Å². The highest BCUT2D eigenvalue weighted by atomic mass is 16.5. The Morgan fingerprint density at radius 2 is 1.75 bits per heavy atom. The Morgan fingerprint density at radius 1 is 1.00 bits per heavy atom. The maximum atomic E-state index is 5.90. The smallest absolute Gasteiger partial charge is 0.161 e. The summed E-state index contributed by atoms with van der Waals surface area (Å²) in [6.45, 7) is 3.41. The van der Waals surface area contributed by atoms with E-state index in [4.69, 9.17) is 9.47 Å². The number of nitrogens with one attached hydrogen (secondary N) is 1. The molecule has 3 nitrogen and oxygen atoms in total. The first-order valence-corrected chi connectivity index (χ1v) is 6.73. The van der Waals surface area contributed by atoms with Gasteiger partial charge in [0.05, 0.1) is 7.11 Å². The lowest BCUT2D eigenvalue weighted by atomic mass is 10.1. The zero-order chi connectivity index (χ0) is 14.4. The van der Waals surface area contributed by atoms with E-state index < -0.39 is 0 Å². The van der Waals surface area contributed by atoms with E-state index in [0.29, 0.717) is 6.61 Å². The summed E-state index contributed by atoms with van der Waals surface area (Å²) in [7, 11) is 3.61. The van der Waals surface area contributed by atoms with E-state index in [1.54, 1.807) is 7.11 Å². The van der Waals surface area contributed by atoms with Crippen LogP contribution in [-0.2, 0) is 13.2 Å². The molecule has 3 heteroatoms. The van der Waals surface area contributed by atoms with Crippen molar-refractivity contribution in [1.29, 1.82) is 0 Å². The lowest BCUT2D eigenvalue weighted by Crippen LogP contribution is -2.09. The van der Waals surface area contributed by atoms with Crippen LogP contribution in [0, 0.1) is 6.92 Å². The highest BCUT2D eigenvalue weighted by Crippen LogP contribution is 2.28. The Morgan fingerprint density at radius 3 is 2.45 bits per heavy atom. The van der Waals surface area contributed by atoms with Crippen molar-refractivity contribution >= 4 is 0 Å². The van der Waals surface area contributed by atoms with Crippen molar-refractivity contribution in [2.24, 2.45) is 0 Å². The molecule has 0 aliphatic rings. The lowest BCUT2D eigenvalue weighted by Gasteiger charge is -2.13. The number of methoxy groups -OCH3 is 1. The van der Waals surface area contributed by atoms with Gasteiger partial charge < -0.3 is 14.8 Å². The Hall–Kier alpha value is -2.00. The maximum Gasteiger partial charge on any atom is 0.161 e. The van der Waals surface area contributed by atoms with Gasteiger partial charge in [0, 0.05) is 6.54 Å². The van der Waals surface area contributed by atoms with Gasteiger partial charge in [0.2, 0.25) is 0 Å². The molecule has 0 fully saturated rings. The summed E-state index contributed by atoms with van der Waals surface area (Å²) < 4.78 is 11.3. The molecule has 0 atom stereocenters. The van der Waals surface area contributed by atoms with Crippen LogP contribution in [0.4, 0.5) is 0 Å². The zero-order valence-corrected chi connectivity index (χ0v) is 12.3. The summed E-state index contributed by atoms with van der Waals surface area (Å²) >= 11 is 0. The number of hydrogen-bond acceptors (Lipinski definition) is 3. The molecule has 0 aliphatic heterocycles. The Bertz CT molecular complexity index is 567. The van der Waals surface area contributed by atoms with E-state index >= 15 is 0 Å². The Balaban J connectivity index is 2.13. The SMILES string of the molecule is CNCc1ccccc1COc1ccc(C)cc1OC. The number of rotatable bonds is 6. The molecule has 106 valence electrons. The van der Waals surface area contributed by atoms with Gasteiger partial charge in [0.15, 0.2) is 11.5 Å². The van der Waals surface area contributed by atoms with Crippen molar-refractivity contribution in [2.45, 2.75) is 20.1 Å². The van der Waals surface area contributed by atoms with Crippen molar-refractivity contribution in [2.75, 3.05) is 14.2 Å². The van der Waals surface area contributed by atoms with Gasteiger partial charge in [-0.25, -0.2) is 0 Å². The number of aryl methyl sites for hydroxylation is 1. The minimum Gasteiger partial charge on any atom is -0.493 e. The number of hydrogen-bond donors (Lipinski definition) is 1. The Labute approximate surface area is 120 Å². The van der Waals surface area contributed by atoms with Crippen molar-refractivity contribution in [3.05, 3.63) is 59.2 Å². The zero-order valence-electron chi connectivity index (χ0n) is 12.3. The average Bonchev–Trinajstić information content (AvgIpc) is 2.47. The largest absolute Gasteiger partial charge is 0.493 e. The van der Waals surface area contributed by atoms with Gasteiger partial charge in [0.1, 0.15) is 6.61 Å². The molecule has 0 heterocycles. The first-order valence-electron chi connectivity index (χ1n) is 6.73. The van der Waals surface area contributed by atoms with Gasteiger partial charge in [-0.05, 0) is 42.8 Å². The van der Waals surface area contributed by atoms with E-state index in [0.717, 1.165) is 23.6 Å². The second-order valence-corrected chi connectivity index (χ2v) is 4.74. The number of ether oxygens (including phenoxy) is 2. The second-order valence-electron chi connectivity index (χ2n) is 4.74. The van der Waals surface area contributed by atoms with Crippen LogP contribution in [0.3, 0.4) is 0 Å². The van der Waals surface area contributed by atoms with Crippen LogP contribution in [0.2, 0.25) is 0 Å². The highest BCUT2D eigenvalue weighted by Gasteiger charge is 2.06. The van der Waals surface area contributed by atoms with Crippen molar-refractivity contribution in [3.8, 4) is 11.5 Å². The van der Waals surface area contributed by atoms with Crippen LogP contribution in [0.15, 0.2) is 42.5 Å². The van der Waals surface area contributed by atoms with Crippen molar-refractivity contribution in [3.63, 3.8) is 0 Å². The minimum absolute atomic E-state index is 0.539. The summed E-state index contributed by atoms with van der Waals surface area (Å²) in [5.41, 5.74) is 3.59. The standard InChI is InChI=1S/C17H21NO2/c1-13-8-9-16(17(10-13)19-3)20-12-15-7-5-4-6-14(15)11-18-2/h4-10,18H,11-12H2,1-3H3. The molecule has 1 N–H and O–H groups in total. The monoisotopic (exact) mass is 271 g/mol. The van der Waals surface area contributed by atoms with Crippen LogP contribution in [0.5, 0.6) is 11.5 Å². The normalized spacial score (nSPS) is 10.3. The topological polar surface area (TPSA) is 30.5 Å². The van der Waals surface area contributed by atoms with Gasteiger partial charge in [-0.2, -0.15) is 0 Å². The first kappa shape index (κ1) is 14.4. The molecule has 0 saturated carbocycles. The summed E-state index contributed by atoms with van der Waals surface area (Å²) in [4.78, 5) is 0. The molecule has 0 bridgehead atoms. The second kappa shape index (κ2) is 6.96. The fourth-order valence-electron chi connectivity index (χ4n) is 2.11. The molecule has 2 aromatic rings. The minimum atomic E-state index is 0.539. The molecule has 0 amide bonds. The van der Waals surface area contributed by atoms with Crippen LogP contribution >= 0.6 is 0 Å². The van der Waals surface area contributed by atoms with Crippen molar-refractivity contribution < 1.29 is 9.47 Å². The van der Waals surface area contributed by atoms with Crippen LogP contribution in [0.1, 0.15) is 16.7 Å². The molecule has 20 heavy (non-hydrogen) atoms. The third kappa shape index (κ3) is 3.52. The van der Waals surface area contributed by atoms with Gasteiger partial charge in [-0.15, -0.1) is 0 Å². The van der Waals surface area contributed by atoms with E-state index in [1.807, 2.05) is 44.3 Å². The molecular formula is C17H21NO2. The summed E-state index contributed by atoms with van der Waals surface area (Å²) in [5, 5.41) is 3.17. The summed E-state index contributed by atoms with van der Waals surface area (Å²) in [6.07, 6.45) is 0. The van der Waals surface area contributed by atoms with E-state index in [2.05, 4.69) is 17.4 Å². The molecule has 2 aromatic carbocycles. The predicted molar refractivity (Wildman–Crippen MR) is 81.3 cm³/mol. The summed E-state index contributed by atoms with van der Waals surface area (Å²) in [6, 6.07) is 14.2. The van der Waals surface area contributed by atoms with E-state index in [-0.39, 0.29) is 0 Å². The molecule has 0 aliphatic carbocycles. The number of benzene rings is 2. The molecule has 0 spiro atoms. The molecular weight excluding hydrogens is 250 g/mol. The summed E-state index contributed by atoms with van der Waals surface area (Å²) in [5.74, 6) is 1.55. The van der Waals surface area contributed by atoms with Gasteiger partial charge in [0.25, 0.3) is 0 Å². The maximum absolute atomic E-state index is 5.90. The molecule has 0 radical (unpaired) electrons. The van der Waals surface area contributed by atoms with Gasteiger partial charge in [-0.3, -0.25) is 0 Å². The lowest BCUT2D eigenvalue weighted by molar-refractivity contribution is 0.283. The first-order chi connectivity index (χ1) is 9.74. The van der Waals surface area contributed by atoms with E-state index in [1.165, 1.54) is 11.1 Å². The molecule has 0 aromatic heterocycles. The molecule has 0 unspecified atom stereocenters. The Kier molecular flexibility index (Phi) is 5.02. The fourth-order valence-corrected chi connectivity index (χ4v) is 2.11. The van der Waals surface area contributed by atoms with Gasteiger partial charge in [-0.1, -0.05) is 30.3 Å². The fraction of sp³-hybridized carbons (Fsp3) is 0.294. The highest BCUT2D eigenvalue weighted by molar-refractivity contribution is 5.42. The molecule has 2 rings (SSSR count). The van der Waals surface area contributed by atoms with Crippen molar-refractivity contribution in [1.82, 2.24) is 5.32 Å². The van der Waals surface area contributed by atoms with Crippen LogP contribution in [0.25, 0.3) is 0 Å². The van der Waals surface area contributed by atoms with E-state index in [9.17, 15) is 0 Å². The predicted octanol–water partition coefficient (Wildman–Crippen LogP) is 3.30. The third-order valence-corrected chi connectivity index (χ3v) is 3.19. The van der Waals surface area contributed by atoms with Crippen LogP contribution in [-0.4, -0.2) is 14.2 Å².